The standard InChI is InChI=1S/C25H32O2/c1-7-20-11-15-23(16-12-20)27-25(5,6)19-9-10-21-13-17-22(18-14-21)26-24(3,4)8-2/h7,9-18H,1,8,19H2,2-6H3/b10-9+. The van der Waals surface area contributed by atoms with Gasteiger partial charge in [-0.1, -0.05) is 56.0 Å². The molecule has 0 saturated carbocycles. The van der Waals surface area contributed by atoms with E-state index in [1.807, 2.05) is 42.5 Å². The highest BCUT2D eigenvalue weighted by Gasteiger charge is 2.18. The van der Waals surface area contributed by atoms with Crippen molar-refractivity contribution in [3.05, 3.63) is 72.3 Å². The molecule has 0 amide bonds. The lowest BCUT2D eigenvalue weighted by atomic mass is 10.0. The zero-order valence-electron chi connectivity index (χ0n) is 17.3. The summed E-state index contributed by atoms with van der Waals surface area (Å²) in [5.74, 6) is 1.78. The van der Waals surface area contributed by atoms with Gasteiger partial charge in [0.2, 0.25) is 0 Å². The van der Waals surface area contributed by atoms with Crippen LogP contribution in [0.25, 0.3) is 12.2 Å². The number of benzene rings is 2. The Labute approximate surface area is 164 Å². The van der Waals surface area contributed by atoms with Crippen molar-refractivity contribution >= 4 is 12.2 Å². The average Bonchev–Trinajstić information content (AvgIpc) is 2.63. The number of hydrogen-bond acceptors (Lipinski definition) is 2. The summed E-state index contributed by atoms with van der Waals surface area (Å²) in [5.41, 5.74) is 1.83. The highest BCUT2D eigenvalue weighted by Crippen LogP contribution is 2.24. The lowest BCUT2D eigenvalue weighted by molar-refractivity contribution is 0.105. The summed E-state index contributed by atoms with van der Waals surface area (Å²) in [7, 11) is 0. The van der Waals surface area contributed by atoms with Crippen molar-refractivity contribution in [1.82, 2.24) is 0 Å². The summed E-state index contributed by atoms with van der Waals surface area (Å²) in [6.07, 6.45) is 7.90. The Morgan fingerprint density at radius 2 is 1.26 bits per heavy atom. The molecule has 2 aromatic rings. The Morgan fingerprint density at radius 3 is 1.74 bits per heavy atom. The summed E-state index contributed by atoms with van der Waals surface area (Å²) < 4.78 is 12.1. The van der Waals surface area contributed by atoms with Gasteiger partial charge in [-0.25, -0.2) is 0 Å². The summed E-state index contributed by atoms with van der Waals surface area (Å²) in [5, 5.41) is 0. The molecule has 0 spiro atoms. The zero-order chi connectivity index (χ0) is 19.9. The highest BCUT2D eigenvalue weighted by atomic mass is 16.5. The van der Waals surface area contributed by atoms with Gasteiger partial charge in [0.05, 0.1) is 0 Å². The second kappa shape index (κ2) is 8.94. The Balaban J connectivity index is 1.91. The second-order valence-electron chi connectivity index (χ2n) is 8.03. The van der Waals surface area contributed by atoms with Gasteiger partial charge in [0.25, 0.3) is 0 Å². The first-order valence-electron chi connectivity index (χ1n) is 9.60. The van der Waals surface area contributed by atoms with Gasteiger partial charge >= 0.3 is 0 Å². The molecule has 0 unspecified atom stereocenters. The van der Waals surface area contributed by atoms with E-state index in [0.717, 1.165) is 35.5 Å². The Bertz CT molecular complexity index is 750. The molecule has 0 aliphatic carbocycles. The van der Waals surface area contributed by atoms with E-state index in [2.05, 4.69) is 65.5 Å². The third-order valence-electron chi connectivity index (χ3n) is 4.56. The number of ether oxygens (including phenoxy) is 2. The Hall–Kier alpha value is -2.48. The van der Waals surface area contributed by atoms with Crippen molar-refractivity contribution in [3.63, 3.8) is 0 Å². The van der Waals surface area contributed by atoms with E-state index < -0.39 is 0 Å². The van der Waals surface area contributed by atoms with Crippen molar-refractivity contribution in [2.24, 2.45) is 0 Å². The minimum atomic E-state index is -0.277. The number of rotatable bonds is 9. The molecule has 0 saturated heterocycles. The van der Waals surface area contributed by atoms with Gasteiger partial charge in [0.1, 0.15) is 22.7 Å². The molecule has 0 aromatic heterocycles. The van der Waals surface area contributed by atoms with Crippen molar-refractivity contribution < 1.29 is 9.47 Å². The van der Waals surface area contributed by atoms with Gasteiger partial charge < -0.3 is 9.47 Å². The van der Waals surface area contributed by atoms with E-state index in [4.69, 9.17) is 9.47 Å². The molecule has 0 aliphatic rings. The van der Waals surface area contributed by atoms with Crippen LogP contribution in [-0.2, 0) is 0 Å². The third kappa shape index (κ3) is 6.97. The van der Waals surface area contributed by atoms with Crippen molar-refractivity contribution in [2.45, 2.75) is 58.7 Å². The predicted octanol–water partition coefficient (Wildman–Crippen LogP) is 7.16. The van der Waals surface area contributed by atoms with Crippen LogP contribution in [0.4, 0.5) is 0 Å². The molecule has 0 fully saturated rings. The SMILES string of the molecule is C=Cc1ccc(OC(C)(C)C/C=C/c2ccc(OC(C)(C)CC)cc2)cc1. The van der Waals surface area contributed by atoms with E-state index in [-0.39, 0.29) is 11.2 Å². The fourth-order valence-corrected chi connectivity index (χ4v) is 2.55. The van der Waals surface area contributed by atoms with Crippen LogP contribution in [0.5, 0.6) is 11.5 Å². The first-order valence-corrected chi connectivity index (χ1v) is 9.60. The molecule has 0 radical (unpaired) electrons. The molecule has 0 aliphatic heterocycles. The lowest BCUT2D eigenvalue weighted by Gasteiger charge is -2.25. The van der Waals surface area contributed by atoms with Crippen LogP contribution in [0, 0.1) is 0 Å². The largest absolute Gasteiger partial charge is 0.488 e. The van der Waals surface area contributed by atoms with Crippen LogP contribution in [-0.4, -0.2) is 11.2 Å². The molecular weight excluding hydrogens is 332 g/mol. The summed E-state index contributed by atoms with van der Waals surface area (Å²) in [6.45, 7) is 14.3. The van der Waals surface area contributed by atoms with Crippen LogP contribution in [0.3, 0.4) is 0 Å². The smallest absolute Gasteiger partial charge is 0.120 e. The quantitative estimate of drug-likeness (QED) is 0.470. The Kier molecular flexibility index (Phi) is 6.90. The van der Waals surface area contributed by atoms with Gasteiger partial charge in [0.15, 0.2) is 0 Å². The average molecular weight is 365 g/mol. The maximum Gasteiger partial charge on any atom is 0.120 e. The zero-order valence-corrected chi connectivity index (χ0v) is 17.3. The third-order valence-corrected chi connectivity index (χ3v) is 4.56. The van der Waals surface area contributed by atoms with Gasteiger partial charge in [0, 0.05) is 6.42 Å². The maximum absolute atomic E-state index is 6.12. The fourth-order valence-electron chi connectivity index (χ4n) is 2.55. The fraction of sp³-hybridized carbons (Fsp3) is 0.360. The maximum atomic E-state index is 6.12. The molecule has 144 valence electrons. The number of hydrogen-bond donors (Lipinski definition) is 0. The molecule has 27 heavy (non-hydrogen) atoms. The van der Waals surface area contributed by atoms with Crippen molar-refractivity contribution in [2.75, 3.05) is 0 Å². The first kappa shape index (κ1) is 20.8. The molecule has 2 nitrogen and oxygen atoms in total. The molecule has 2 rings (SSSR count). The lowest BCUT2D eigenvalue weighted by Crippen LogP contribution is -2.27. The van der Waals surface area contributed by atoms with E-state index in [1.54, 1.807) is 0 Å². The summed E-state index contributed by atoms with van der Waals surface area (Å²) in [4.78, 5) is 0. The molecule has 0 bridgehead atoms. The first-order chi connectivity index (χ1) is 12.7. The minimum Gasteiger partial charge on any atom is -0.488 e. The van der Waals surface area contributed by atoms with E-state index in [0.29, 0.717) is 0 Å². The minimum absolute atomic E-state index is 0.136. The van der Waals surface area contributed by atoms with Crippen LogP contribution >= 0.6 is 0 Å². The monoisotopic (exact) mass is 364 g/mol. The van der Waals surface area contributed by atoms with Gasteiger partial charge in [-0.05, 0) is 69.5 Å². The molecule has 2 heteroatoms. The molecule has 0 N–H and O–H groups in total. The topological polar surface area (TPSA) is 18.5 Å². The molecule has 2 aromatic carbocycles. The van der Waals surface area contributed by atoms with Gasteiger partial charge in [-0.3, -0.25) is 0 Å². The van der Waals surface area contributed by atoms with Crippen molar-refractivity contribution in [3.8, 4) is 11.5 Å². The van der Waals surface area contributed by atoms with E-state index in [1.165, 1.54) is 0 Å². The molecular formula is C25H32O2. The molecule has 0 heterocycles. The van der Waals surface area contributed by atoms with E-state index in [9.17, 15) is 0 Å². The second-order valence-corrected chi connectivity index (χ2v) is 8.03. The normalized spacial score (nSPS) is 12.2. The summed E-state index contributed by atoms with van der Waals surface area (Å²) >= 11 is 0. The van der Waals surface area contributed by atoms with Gasteiger partial charge in [-0.15, -0.1) is 0 Å². The van der Waals surface area contributed by atoms with Crippen LogP contribution in [0.1, 0.15) is 58.6 Å². The van der Waals surface area contributed by atoms with Gasteiger partial charge in [-0.2, -0.15) is 0 Å². The van der Waals surface area contributed by atoms with Crippen molar-refractivity contribution in [1.29, 1.82) is 0 Å². The van der Waals surface area contributed by atoms with E-state index >= 15 is 0 Å². The van der Waals surface area contributed by atoms with Crippen LogP contribution in [0.2, 0.25) is 0 Å². The molecule has 0 atom stereocenters. The predicted molar refractivity (Wildman–Crippen MR) is 116 cm³/mol. The van der Waals surface area contributed by atoms with Crippen LogP contribution in [0.15, 0.2) is 61.2 Å². The highest BCUT2D eigenvalue weighted by molar-refractivity contribution is 5.51. The van der Waals surface area contributed by atoms with Crippen LogP contribution < -0.4 is 9.47 Å². The Morgan fingerprint density at radius 1 is 0.778 bits per heavy atom. The summed E-state index contributed by atoms with van der Waals surface area (Å²) in [6, 6.07) is 16.2.